The van der Waals surface area contributed by atoms with E-state index in [2.05, 4.69) is 0 Å². The van der Waals surface area contributed by atoms with E-state index in [4.69, 9.17) is 8.92 Å². The van der Waals surface area contributed by atoms with Crippen molar-refractivity contribution < 1.29 is 22.1 Å². The van der Waals surface area contributed by atoms with E-state index in [0.29, 0.717) is 19.4 Å². The van der Waals surface area contributed by atoms with Gasteiger partial charge in [-0.05, 0) is 31.9 Å². The molecule has 0 atom stereocenters. The van der Waals surface area contributed by atoms with Gasteiger partial charge in [0.2, 0.25) is 0 Å². The van der Waals surface area contributed by atoms with Crippen LogP contribution in [0.5, 0.6) is 0 Å². The standard InChI is InChI=1S/C13H14O5S/c1-10-4-6-12(7-5-10)19(15,16)18-9-11-3-2-8-17-13(11)14/h4-7,9H,2-3,8H2,1H3/b11-9+. The molecule has 102 valence electrons. The van der Waals surface area contributed by atoms with Gasteiger partial charge in [-0.2, -0.15) is 8.42 Å². The molecule has 1 aliphatic heterocycles. The van der Waals surface area contributed by atoms with Gasteiger partial charge in [0.15, 0.2) is 0 Å². The molecule has 0 bridgehead atoms. The number of carbonyl (C=O) groups excluding carboxylic acids is 1. The van der Waals surface area contributed by atoms with Crippen molar-refractivity contribution >= 4 is 16.1 Å². The summed E-state index contributed by atoms with van der Waals surface area (Å²) in [5.41, 5.74) is 1.19. The molecule has 2 rings (SSSR count). The molecule has 1 saturated heterocycles. The van der Waals surface area contributed by atoms with E-state index in [1.54, 1.807) is 12.1 Å². The van der Waals surface area contributed by atoms with E-state index in [9.17, 15) is 13.2 Å². The van der Waals surface area contributed by atoms with Crippen molar-refractivity contribution in [2.45, 2.75) is 24.7 Å². The molecule has 0 aromatic heterocycles. The molecular weight excluding hydrogens is 268 g/mol. The minimum Gasteiger partial charge on any atom is -0.462 e. The first kappa shape index (κ1) is 13.6. The number of esters is 1. The number of rotatable bonds is 3. The zero-order chi connectivity index (χ0) is 13.9. The van der Waals surface area contributed by atoms with Crippen molar-refractivity contribution in [2.24, 2.45) is 0 Å². The van der Waals surface area contributed by atoms with Crippen LogP contribution < -0.4 is 0 Å². The third kappa shape index (κ3) is 3.35. The van der Waals surface area contributed by atoms with E-state index >= 15 is 0 Å². The lowest BCUT2D eigenvalue weighted by atomic mass is 10.1. The Morgan fingerprint density at radius 1 is 1.26 bits per heavy atom. The summed E-state index contributed by atoms with van der Waals surface area (Å²) in [6.07, 6.45) is 2.10. The zero-order valence-corrected chi connectivity index (χ0v) is 11.3. The monoisotopic (exact) mass is 282 g/mol. The lowest BCUT2D eigenvalue weighted by Gasteiger charge is -2.13. The largest absolute Gasteiger partial charge is 0.462 e. The van der Waals surface area contributed by atoms with Gasteiger partial charge in [-0.1, -0.05) is 17.7 Å². The molecule has 0 spiro atoms. The highest BCUT2D eigenvalue weighted by atomic mass is 32.2. The quantitative estimate of drug-likeness (QED) is 0.366. The number of benzene rings is 1. The topological polar surface area (TPSA) is 69.7 Å². The van der Waals surface area contributed by atoms with E-state index in [0.717, 1.165) is 11.8 Å². The predicted octanol–water partition coefficient (Wildman–Crippen LogP) is 1.92. The lowest BCUT2D eigenvalue weighted by Crippen LogP contribution is -2.16. The fourth-order valence-corrected chi connectivity index (χ4v) is 2.43. The highest BCUT2D eigenvalue weighted by molar-refractivity contribution is 7.86. The molecule has 1 aromatic carbocycles. The van der Waals surface area contributed by atoms with Crippen LogP contribution in [0, 0.1) is 6.92 Å². The predicted molar refractivity (Wildman–Crippen MR) is 67.7 cm³/mol. The maximum atomic E-state index is 11.9. The molecule has 1 aliphatic rings. The van der Waals surface area contributed by atoms with Crippen LogP contribution in [0.4, 0.5) is 0 Å². The molecule has 0 N–H and O–H groups in total. The maximum absolute atomic E-state index is 11.9. The number of carbonyl (C=O) groups is 1. The molecule has 0 unspecified atom stereocenters. The Balaban J connectivity index is 2.15. The Kier molecular flexibility index (Phi) is 3.90. The van der Waals surface area contributed by atoms with Gasteiger partial charge >= 0.3 is 16.1 Å². The third-order valence-electron chi connectivity index (χ3n) is 2.71. The van der Waals surface area contributed by atoms with E-state index in [1.807, 2.05) is 6.92 Å². The van der Waals surface area contributed by atoms with Gasteiger partial charge in [0, 0.05) is 0 Å². The van der Waals surface area contributed by atoms with Crippen LogP contribution in [0.25, 0.3) is 0 Å². The van der Waals surface area contributed by atoms with Gasteiger partial charge in [0.25, 0.3) is 0 Å². The average Bonchev–Trinajstić information content (AvgIpc) is 2.38. The second-order valence-corrected chi connectivity index (χ2v) is 5.82. The fraction of sp³-hybridized carbons (Fsp3) is 0.308. The van der Waals surface area contributed by atoms with E-state index in [1.165, 1.54) is 12.1 Å². The van der Waals surface area contributed by atoms with Gasteiger partial charge in [0.05, 0.1) is 12.2 Å². The third-order valence-corrected chi connectivity index (χ3v) is 3.91. The molecule has 5 nitrogen and oxygen atoms in total. The number of hydrogen-bond donors (Lipinski definition) is 0. The number of aryl methyl sites for hydroxylation is 1. The Hall–Kier alpha value is -1.82. The van der Waals surface area contributed by atoms with Crippen LogP contribution in [-0.2, 0) is 23.8 Å². The summed E-state index contributed by atoms with van der Waals surface area (Å²) in [5.74, 6) is -0.523. The van der Waals surface area contributed by atoms with Gasteiger partial charge in [0.1, 0.15) is 11.2 Å². The first-order valence-electron chi connectivity index (χ1n) is 5.85. The van der Waals surface area contributed by atoms with Crippen LogP contribution in [0.2, 0.25) is 0 Å². The summed E-state index contributed by atoms with van der Waals surface area (Å²) in [7, 11) is -3.88. The van der Waals surface area contributed by atoms with Crippen LogP contribution in [-0.4, -0.2) is 21.0 Å². The first-order chi connectivity index (χ1) is 8.99. The summed E-state index contributed by atoms with van der Waals surface area (Å²) < 4.78 is 33.3. The molecule has 0 radical (unpaired) electrons. The molecule has 1 aromatic rings. The highest BCUT2D eigenvalue weighted by Crippen LogP contribution is 2.18. The smallest absolute Gasteiger partial charge is 0.338 e. The molecule has 1 fully saturated rings. The molecule has 1 heterocycles. The Morgan fingerprint density at radius 3 is 2.58 bits per heavy atom. The Labute approximate surface area is 112 Å². The van der Waals surface area contributed by atoms with E-state index in [-0.39, 0.29) is 10.5 Å². The molecule has 0 amide bonds. The lowest BCUT2D eigenvalue weighted by molar-refractivity contribution is -0.141. The number of ether oxygens (including phenoxy) is 1. The summed E-state index contributed by atoms with van der Waals surface area (Å²) in [4.78, 5) is 11.4. The summed E-state index contributed by atoms with van der Waals surface area (Å²) >= 11 is 0. The summed E-state index contributed by atoms with van der Waals surface area (Å²) in [6, 6.07) is 6.28. The molecule has 0 aliphatic carbocycles. The maximum Gasteiger partial charge on any atom is 0.338 e. The van der Waals surface area contributed by atoms with Crippen LogP contribution in [0.15, 0.2) is 41.0 Å². The van der Waals surface area contributed by atoms with E-state index < -0.39 is 16.1 Å². The van der Waals surface area contributed by atoms with Crippen LogP contribution >= 0.6 is 0 Å². The molecule has 19 heavy (non-hydrogen) atoms. The average molecular weight is 282 g/mol. The Bertz CT molecular complexity index is 598. The van der Waals surface area contributed by atoms with Crippen molar-refractivity contribution in [1.82, 2.24) is 0 Å². The summed E-state index contributed by atoms with van der Waals surface area (Å²) in [6.45, 7) is 2.22. The molecular formula is C13H14O5S. The van der Waals surface area contributed by atoms with Crippen molar-refractivity contribution in [1.29, 1.82) is 0 Å². The minimum absolute atomic E-state index is 0.0547. The molecule has 0 saturated carbocycles. The second kappa shape index (κ2) is 5.44. The van der Waals surface area contributed by atoms with Gasteiger partial charge in [-0.15, -0.1) is 0 Å². The normalized spacial score (nSPS) is 18.2. The van der Waals surface area contributed by atoms with Crippen molar-refractivity contribution in [2.75, 3.05) is 6.61 Å². The zero-order valence-electron chi connectivity index (χ0n) is 10.5. The number of cyclic esters (lactones) is 1. The van der Waals surface area contributed by atoms with Gasteiger partial charge < -0.3 is 8.92 Å². The molecule has 6 heteroatoms. The van der Waals surface area contributed by atoms with Crippen LogP contribution in [0.1, 0.15) is 18.4 Å². The minimum atomic E-state index is -3.88. The summed E-state index contributed by atoms with van der Waals surface area (Å²) in [5, 5.41) is 0. The SMILES string of the molecule is Cc1ccc(S(=O)(=O)O/C=C2\CCCOC2=O)cc1. The Morgan fingerprint density at radius 2 is 1.95 bits per heavy atom. The second-order valence-electron chi connectivity index (χ2n) is 4.25. The first-order valence-corrected chi connectivity index (χ1v) is 7.26. The highest BCUT2D eigenvalue weighted by Gasteiger charge is 2.19. The van der Waals surface area contributed by atoms with Gasteiger partial charge in [-0.3, -0.25) is 0 Å². The van der Waals surface area contributed by atoms with Crippen molar-refractivity contribution in [3.63, 3.8) is 0 Å². The number of hydrogen-bond acceptors (Lipinski definition) is 5. The van der Waals surface area contributed by atoms with Crippen molar-refractivity contribution in [3.8, 4) is 0 Å². The van der Waals surface area contributed by atoms with Gasteiger partial charge in [-0.25, -0.2) is 4.79 Å². The van der Waals surface area contributed by atoms with Crippen molar-refractivity contribution in [3.05, 3.63) is 41.7 Å². The van der Waals surface area contributed by atoms with Crippen LogP contribution in [0.3, 0.4) is 0 Å². The fourth-order valence-electron chi connectivity index (χ4n) is 1.61.